The van der Waals surface area contributed by atoms with Crippen LogP contribution in [0.25, 0.3) is 0 Å². The van der Waals surface area contributed by atoms with E-state index < -0.39 is 0 Å². The van der Waals surface area contributed by atoms with Crippen molar-refractivity contribution in [3.8, 4) is 5.75 Å². The molecule has 164 valence electrons. The highest BCUT2D eigenvalue weighted by molar-refractivity contribution is 5.96. The number of methoxy groups -OCH3 is 1. The predicted octanol–water partition coefficient (Wildman–Crippen LogP) is 0.972. The normalized spacial score (nSPS) is 17.9. The smallest absolute Gasteiger partial charge is 0.251 e. The SMILES string of the molecule is COc1ccc(C(=O)NCC(=O)N2CCN(CC(=O)N3CCCCCC3)CC2)cc1. The van der Waals surface area contributed by atoms with E-state index in [1.807, 2.05) is 4.90 Å². The summed E-state index contributed by atoms with van der Waals surface area (Å²) >= 11 is 0. The van der Waals surface area contributed by atoms with Crippen LogP contribution in [-0.4, -0.2) is 91.9 Å². The molecule has 0 saturated carbocycles. The molecule has 1 aromatic carbocycles. The Morgan fingerprint density at radius 1 is 0.833 bits per heavy atom. The number of carbonyl (C=O) groups is 3. The third-order valence-corrected chi connectivity index (χ3v) is 5.80. The summed E-state index contributed by atoms with van der Waals surface area (Å²) in [6, 6.07) is 6.75. The van der Waals surface area contributed by atoms with Crippen LogP contribution in [0.3, 0.4) is 0 Å². The van der Waals surface area contributed by atoms with Crippen molar-refractivity contribution in [2.45, 2.75) is 25.7 Å². The Labute approximate surface area is 178 Å². The molecule has 1 N–H and O–H groups in total. The van der Waals surface area contributed by atoms with E-state index in [4.69, 9.17) is 4.74 Å². The van der Waals surface area contributed by atoms with Crippen LogP contribution in [0.2, 0.25) is 0 Å². The van der Waals surface area contributed by atoms with Crippen molar-refractivity contribution in [1.29, 1.82) is 0 Å². The van der Waals surface area contributed by atoms with E-state index in [9.17, 15) is 14.4 Å². The maximum atomic E-state index is 12.5. The zero-order valence-electron chi connectivity index (χ0n) is 17.8. The summed E-state index contributed by atoms with van der Waals surface area (Å²) in [6.07, 6.45) is 4.60. The summed E-state index contributed by atoms with van der Waals surface area (Å²) in [5.74, 6) is 0.487. The summed E-state index contributed by atoms with van der Waals surface area (Å²) in [7, 11) is 1.57. The van der Waals surface area contributed by atoms with Crippen molar-refractivity contribution in [3.63, 3.8) is 0 Å². The van der Waals surface area contributed by atoms with E-state index in [1.54, 1.807) is 36.3 Å². The Morgan fingerprint density at radius 3 is 2.03 bits per heavy atom. The number of amides is 3. The molecule has 2 saturated heterocycles. The average Bonchev–Trinajstić information content (AvgIpc) is 3.07. The Balaban J connectivity index is 1.38. The Kier molecular flexibility index (Phi) is 8.07. The largest absolute Gasteiger partial charge is 0.497 e. The molecule has 2 aliphatic heterocycles. The fourth-order valence-electron chi connectivity index (χ4n) is 3.88. The van der Waals surface area contributed by atoms with Gasteiger partial charge < -0.3 is 19.9 Å². The number of nitrogens with one attached hydrogen (secondary N) is 1. The molecule has 8 nitrogen and oxygen atoms in total. The van der Waals surface area contributed by atoms with Crippen molar-refractivity contribution < 1.29 is 19.1 Å². The van der Waals surface area contributed by atoms with Gasteiger partial charge in [0.2, 0.25) is 11.8 Å². The van der Waals surface area contributed by atoms with Gasteiger partial charge >= 0.3 is 0 Å². The van der Waals surface area contributed by atoms with E-state index in [0.29, 0.717) is 44.0 Å². The minimum absolute atomic E-state index is 0.0302. The van der Waals surface area contributed by atoms with E-state index in [0.717, 1.165) is 25.9 Å². The van der Waals surface area contributed by atoms with Gasteiger partial charge in [0, 0.05) is 44.8 Å². The van der Waals surface area contributed by atoms with Crippen LogP contribution in [0.4, 0.5) is 0 Å². The van der Waals surface area contributed by atoms with Crippen LogP contribution in [0.1, 0.15) is 36.0 Å². The van der Waals surface area contributed by atoms with Crippen molar-refractivity contribution in [3.05, 3.63) is 29.8 Å². The lowest BCUT2D eigenvalue weighted by Crippen LogP contribution is -2.53. The summed E-state index contributed by atoms with van der Waals surface area (Å²) in [5.41, 5.74) is 0.487. The van der Waals surface area contributed by atoms with Crippen LogP contribution >= 0.6 is 0 Å². The van der Waals surface area contributed by atoms with Gasteiger partial charge in [-0.1, -0.05) is 12.8 Å². The number of rotatable bonds is 6. The average molecular weight is 417 g/mol. The number of hydrogen-bond acceptors (Lipinski definition) is 5. The standard InChI is InChI=1S/C22H32N4O4/c1-30-19-8-6-18(7-9-19)22(29)23-16-20(27)26-14-12-24(13-15-26)17-21(28)25-10-4-2-3-5-11-25/h6-9H,2-5,10-17H2,1H3,(H,23,29). The lowest BCUT2D eigenvalue weighted by molar-refractivity contribution is -0.134. The number of benzene rings is 1. The van der Waals surface area contributed by atoms with Gasteiger partial charge in [-0.15, -0.1) is 0 Å². The van der Waals surface area contributed by atoms with Crippen molar-refractivity contribution in [2.24, 2.45) is 0 Å². The van der Waals surface area contributed by atoms with Gasteiger partial charge in [0.15, 0.2) is 0 Å². The van der Waals surface area contributed by atoms with E-state index in [1.165, 1.54) is 12.8 Å². The number of piperazine rings is 1. The first-order chi connectivity index (χ1) is 14.6. The minimum atomic E-state index is -0.285. The Bertz CT molecular complexity index is 721. The topological polar surface area (TPSA) is 82.2 Å². The molecule has 1 aromatic rings. The van der Waals surface area contributed by atoms with Crippen LogP contribution in [0, 0.1) is 0 Å². The molecule has 0 unspecified atom stereocenters. The molecule has 30 heavy (non-hydrogen) atoms. The predicted molar refractivity (Wildman–Crippen MR) is 113 cm³/mol. The van der Waals surface area contributed by atoms with Gasteiger partial charge in [-0.3, -0.25) is 19.3 Å². The third kappa shape index (κ3) is 6.19. The van der Waals surface area contributed by atoms with E-state index in [-0.39, 0.29) is 24.3 Å². The molecule has 0 aromatic heterocycles. The van der Waals surface area contributed by atoms with Gasteiger partial charge in [0.1, 0.15) is 5.75 Å². The first-order valence-electron chi connectivity index (χ1n) is 10.8. The second kappa shape index (κ2) is 11.0. The molecule has 3 amide bonds. The molecular weight excluding hydrogens is 384 g/mol. The van der Waals surface area contributed by atoms with Gasteiger partial charge in [-0.25, -0.2) is 0 Å². The summed E-state index contributed by atoms with van der Waals surface area (Å²) in [6.45, 7) is 4.63. The van der Waals surface area contributed by atoms with Crippen LogP contribution in [0.15, 0.2) is 24.3 Å². The summed E-state index contributed by atoms with van der Waals surface area (Å²) in [4.78, 5) is 43.0. The zero-order chi connectivity index (χ0) is 21.3. The van der Waals surface area contributed by atoms with Gasteiger partial charge in [0.25, 0.3) is 5.91 Å². The molecule has 0 atom stereocenters. The molecule has 2 fully saturated rings. The monoisotopic (exact) mass is 416 g/mol. The van der Waals surface area contributed by atoms with E-state index in [2.05, 4.69) is 10.2 Å². The summed E-state index contributed by atoms with van der Waals surface area (Å²) in [5, 5.41) is 2.68. The molecule has 3 rings (SSSR count). The van der Waals surface area contributed by atoms with Crippen LogP contribution in [-0.2, 0) is 9.59 Å². The lowest BCUT2D eigenvalue weighted by Gasteiger charge is -2.35. The number of hydrogen-bond donors (Lipinski definition) is 1. The third-order valence-electron chi connectivity index (χ3n) is 5.80. The first-order valence-corrected chi connectivity index (χ1v) is 10.8. The van der Waals surface area contributed by atoms with Gasteiger partial charge in [-0.2, -0.15) is 0 Å². The highest BCUT2D eigenvalue weighted by atomic mass is 16.5. The molecule has 0 aliphatic carbocycles. The molecule has 2 aliphatic rings. The maximum Gasteiger partial charge on any atom is 0.251 e. The molecule has 0 spiro atoms. The number of likely N-dealkylation sites (tertiary alicyclic amines) is 1. The lowest BCUT2D eigenvalue weighted by atomic mass is 10.2. The van der Waals surface area contributed by atoms with Crippen LogP contribution in [0.5, 0.6) is 5.75 Å². The number of carbonyl (C=O) groups excluding carboxylic acids is 3. The molecule has 0 radical (unpaired) electrons. The van der Waals surface area contributed by atoms with Gasteiger partial charge in [0.05, 0.1) is 20.2 Å². The zero-order valence-corrected chi connectivity index (χ0v) is 17.8. The minimum Gasteiger partial charge on any atom is -0.497 e. The molecular formula is C22H32N4O4. The molecule has 0 bridgehead atoms. The van der Waals surface area contributed by atoms with Gasteiger partial charge in [-0.05, 0) is 37.1 Å². The Morgan fingerprint density at radius 2 is 1.43 bits per heavy atom. The molecule has 8 heteroatoms. The summed E-state index contributed by atoms with van der Waals surface area (Å²) < 4.78 is 5.08. The number of nitrogens with zero attached hydrogens (tertiary/aromatic N) is 3. The second-order valence-electron chi connectivity index (χ2n) is 7.86. The second-order valence-corrected chi connectivity index (χ2v) is 7.86. The van der Waals surface area contributed by atoms with Crippen molar-refractivity contribution >= 4 is 17.7 Å². The maximum absolute atomic E-state index is 12.5. The fraction of sp³-hybridized carbons (Fsp3) is 0.591. The highest BCUT2D eigenvalue weighted by Gasteiger charge is 2.24. The quantitative estimate of drug-likeness (QED) is 0.747. The fourth-order valence-corrected chi connectivity index (χ4v) is 3.88. The van der Waals surface area contributed by atoms with Crippen LogP contribution < -0.4 is 10.1 Å². The van der Waals surface area contributed by atoms with Crippen molar-refractivity contribution in [2.75, 3.05) is 59.5 Å². The highest BCUT2D eigenvalue weighted by Crippen LogP contribution is 2.12. The Hall–Kier alpha value is -2.61. The number of ether oxygens (including phenoxy) is 1. The van der Waals surface area contributed by atoms with Crippen molar-refractivity contribution in [1.82, 2.24) is 20.0 Å². The van der Waals surface area contributed by atoms with E-state index >= 15 is 0 Å². The first kappa shape index (κ1) is 22.1. The molecule has 2 heterocycles.